The Labute approximate surface area is 111 Å². The minimum atomic E-state index is -0.839. The molecule has 0 unspecified atom stereocenters. The predicted octanol–water partition coefficient (Wildman–Crippen LogP) is 2.40. The number of rotatable bonds is 3. The number of hydrogen-bond acceptors (Lipinski definition) is 2. The molecule has 1 N–H and O–H groups in total. The van der Waals surface area contributed by atoms with Gasteiger partial charge >= 0.3 is 5.97 Å². The van der Waals surface area contributed by atoms with Gasteiger partial charge < -0.3 is 9.67 Å². The third-order valence-electron chi connectivity index (χ3n) is 3.25. The van der Waals surface area contributed by atoms with Crippen LogP contribution < -0.4 is 5.43 Å². The second-order valence-corrected chi connectivity index (χ2v) is 4.96. The molecule has 2 aromatic rings. The summed E-state index contributed by atoms with van der Waals surface area (Å²) in [4.78, 5) is 22.9. The molecule has 0 saturated heterocycles. The third kappa shape index (κ3) is 2.52. The first-order valence-electron chi connectivity index (χ1n) is 6.23. The molecule has 100 valence electrons. The quantitative estimate of drug-likeness (QED) is 0.920. The van der Waals surface area contributed by atoms with Gasteiger partial charge in [0.1, 0.15) is 0 Å². The predicted molar refractivity (Wildman–Crippen MR) is 74.7 cm³/mol. The molecule has 19 heavy (non-hydrogen) atoms. The first-order chi connectivity index (χ1) is 8.90. The molecule has 1 aromatic heterocycles. The third-order valence-corrected chi connectivity index (χ3v) is 3.25. The van der Waals surface area contributed by atoms with E-state index in [1.165, 1.54) is 0 Å². The fourth-order valence-electron chi connectivity index (χ4n) is 2.48. The van der Waals surface area contributed by atoms with Crippen molar-refractivity contribution in [3.63, 3.8) is 0 Å². The lowest BCUT2D eigenvalue weighted by atomic mass is 10.0. The van der Waals surface area contributed by atoms with E-state index in [1.54, 1.807) is 13.1 Å². The van der Waals surface area contributed by atoms with Crippen molar-refractivity contribution in [2.45, 2.75) is 33.7 Å². The molecule has 2 rings (SSSR count). The molecule has 0 amide bonds. The first kappa shape index (κ1) is 13.3. The van der Waals surface area contributed by atoms with Gasteiger partial charge in [0.05, 0.1) is 11.9 Å². The zero-order chi connectivity index (χ0) is 14.2. The maximum Gasteiger partial charge on any atom is 0.305 e. The molecule has 0 bridgehead atoms. The molecule has 0 aliphatic heterocycles. The monoisotopic (exact) mass is 259 g/mol. The van der Waals surface area contributed by atoms with Crippen LogP contribution >= 0.6 is 0 Å². The summed E-state index contributed by atoms with van der Waals surface area (Å²) >= 11 is 0. The van der Waals surface area contributed by atoms with E-state index in [0.717, 1.165) is 16.6 Å². The van der Waals surface area contributed by atoms with Gasteiger partial charge in [0, 0.05) is 23.7 Å². The molecular weight excluding hydrogens is 242 g/mol. The Morgan fingerprint density at radius 2 is 1.89 bits per heavy atom. The van der Waals surface area contributed by atoms with Crippen LogP contribution in [-0.2, 0) is 11.3 Å². The van der Waals surface area contributed by atoms with Crippen molar-refractivity contribution in [3.8, 4) is 0 Å². The highest BCUT2D eigenvalue weighted by Gasteiger charge is 2.10. The number of aromatic nitrogens is 1. The van der Waals surface area contributed by atoms with E-state index in [4.69, 9.17) is 5.11 Å². The van der Waals surface area contributed by atoms with Crippen LogP contribution in [0.5, 0.6) is 0 Å². The zero-order valence-electron chi connectivity index (χ0n) is 11.4. The summed E-state index contributed by atoms with van der Waals surface area (Å²) in [7, 11) is 0. The van der Waals surface area contributed by atoms with Gasteiger partial charge in [-0.05, 0) is 38.0 Å². The molecule has 0 spiro atoms. The average Bonchev–Trinajstić information content (AvgIpc) is 2.31. The molecule has 0 fully saturated rings. The minimum absolute atomic E-state index is 0.0216. The SMILES string of the molecule is Cc1cc(C)c2c(c1)c(=O)c(C)cn2CCC(=O)O. The van der Waals surface area contributed by atoms with E-state index in [-0.39, 0.29) is 11.8 Å². The van der Waals surface area contributed by atoms with E-state index in [0.29, 0.717) is 17.5 Å². The average molecular weight is 259 g/mol. The number of aryl methyl sites for hydroxylation is 4. The minimum Gasteiger partial charge on any atom is -0.481 e. The summed E-state index contributed by atoms with van der Waals surface area (Å²) in [6.45, 7) is 6.03. The smallest absolute Gasteiger partial charge is 0.305 e. The van der Waals surface area contributed by atoms with Gasteiger partial charge in [-0.15, -0.1) is 0 Å². The molecule has 1 heterocycles. The number of carbonyl (C=O) groups is 1. The van der Waals surface area contributed by atoms with Crippen LogP contribution in [0.25, 0.3) is 10.9 Å². The van der Waals surface area contributed by atoms with Crippen LogP contribution in [0.15, 0.2) is 23.1 Å². The normalized spacial score (nSPS) is 10.9. The standard InChI is InChI=1S/C15H17NO3/c1-9-6-10(2)14-12(7-9)15(19)11(3)8-16(14)5-4-13(17)18/h6-8H,4-5H2,1-3H3,(H,17,18). The van der Waals surface area contributed by atoms with Crippen LogP contribution in [0.4, 0.5) is 0 Å². The number of pyridine rings is 1. The first-order valence-corrected chi connectivity index (χ1v) is 6.23. The molecule has 0 saturated carbocycles. The van der Waals surface area contributed by atoms with E-state index in [2.05, 4.69) is 0 Å². The summed E-state index contributed by atoms with van der Waals surface area (Å²) in [6.07, 6.45) is 1.79. The van der Waals surface area contributed by atoms with Crippen LogP contribution in [0.3, 0.4) is 0 Å². The van der Waals surface area contributed by atoms with E-state index < -0.39 is 5.97 Å². The fourth-order valence-corrected chi connectivity index (χ4v) is 2.48. The van der Waals surface area contributed by atoms with Gasteiger partial charge in [0.15, 0.2) is 5.43 Å². The number of hydrogen-bond donors (Lipinski definition) is 1. The summed E-state index contributed by atoms with van der Waals surface area (Å²) in [5.74, 6) is -0.839. The highest BCUT2D eigenvalue weighted by molar-refractivity contribution is 5.83. The second-order valence-electron chi connectivity index (χ2n) is 4.96. The molecule has 0 atom stereocenters. The molecule has 0 aliphatic rings. The summed E-state index contributed by atoms with van der Waals surface area (Å²) < 4.78 is 1.87. The lowest BCUT2D eigenvalue weighted by Crippen LogP contribution is -2.15. The van der Waals surface area contributed by atoms with Crippen LogP contribution in [-0.4, -0.2) is 15.6 Å². The van der Waals surface area contributed by atoms with E-state index >= 15 is 0 Å². The van der Waals surface area contributed by atoms with Crippen molar-refractivity contribution < 1.29 is 9.90 Å². The Balaban J connectivity index is 2.74. The number of carboxylic acid groups (broad SMARTS) is 1. The number of fused-ring (bicyclic) bond motifs is 1. The summed E-state index contributed by atoms with van der Waals surface area (Å²) in [5.41, 5.74) is 3.54. The molecule has 0 radical (unpaired) electrons. The lowest BCUT2D eigenvalue weighted by molar-refractivity contribution is -0.137. The maximum absolute atomic E-state index is 12.2. The van der Waals surface area contributed by atoms with Crippen molar-refractivity contribution >= 4 is 16.9 Å². The van der Waals surface area contributed by atoms with Crippen LogP contribution in [0.1, 0.15) is 23.1 Å². The Bertz CT molecular complexity index is 713. The highest BCUT2D eigenvalue weighted by Crippen LogP contribution is 2.19. The lowest BCUT2D eigenvalue weighted by Gasteiger charge is -2.14. The molecule has 4 heteroatoms. The maximum atomic E-state index is 12.2. The van der Waals surface area contributed by atoms with Gasteiger partial charge in [-0.1, -0.05) is 6.07 Å². The van der Waals surface area contributed by atoms with Crippen molar-refractivity contribution in [1.82, 2.24) is 4.57 Å². The highest BCUT2D eigenvalue weighted by atomic mass is 16.4. The number of benzene rings is 1. The molecule has 0 aliphatic carbocycles. The van der Waals surface area contributed by atoms with Gasteiger partial charge in [-0.25, -0.2) is 0 Å². The zero-order valence-corrected chi connectivity index (χ0v) is 11.4. The van der Waals surface area contributed by atoms with Gasteiger partial charge in [-0.2, -0.15) is 0 Å². The summed E-state index contributed by atoms with van der Waals surface area (Å²) in [5, 5.41) is 9.48. The van der Waals surface area contributed by atoms with Gasteiger partial charge in [0.25, 0.3) is 0 Å². The van der Waals surface area contributed by atoms with Crippen LogP contribution in [0.2, 0.25) is 0 Å². The Kier molecular flexibility index (Phi) is 3.42. The molecule has 4 nitrogen and oxygen atoms in total. The largest absolute Gasteiger partial charge is 0.481 e. The Morgan fingerprint density at radius 1 is 1.21 bits per heavy atom. The van der Waals surface area contributed by atoms with Gasteiger partial charge in [0.2, 0.25) is 0 Å². The molecular formula is C15H17NO3. The number of nitrogens with zero attached hydrogens (tertiary/aromatic N) is 1. The van der Waals surface area contributed by atoms with Crippen LogP contribution in [0, 0.1) is 20.8 Å². The topological polar surface area (TPSA) is 59.3 Å². The Morgan fingerprint density at radius 3 is 2.53 bits per heavy atom. The van der Waals surface area contributed by atoms with Gasteiger partial charge in [-0.3, -0.25) is 9.59 Å². The van der Waals surface area contributed by atoms with Crippen molar-refractivity contribution in [1.29, 1.82) is 0 Å². The molecule has 1 aromatic carbocycles. The number of aliphatic carboxylic acids is 1. The van der Waals surface area contributed by atoms with E-state index in [9.17, 15) is 9.59 Å². The van der Waals surface area contributed by atoms with Crippen molar-refractivity contribution in [2.75, 3.05) is 0 Å². The second kappa shape index (κ2) is 4.88. The van der Waals surface area contributed by atoms with Crippen molar-refractivity contribution in [3.05, 3.63) is 45.2 Å². The fraction of sp³-hybridized carbons (Fsp3) is 0.333. The van der Waals surface area contributed by atoms with Crippen molar-refractivity contribution in [2.24, 2.45) is 0 Å². The Hall–Kier alpha value is -2.10. The summed E-state index contributed by atoms with van der Waals surface area (Å²) in [6, 6.07) is 3.88. The van der Waals surface area contributed by atoms with E-state index in [1.807, 2.05) is 30.5 Å². The number of carboxylic acids is 1.